The van der Waals surface area contributed by atoms with Gasteiger partial charge in [0.05, 0.1) is 6.61 Å². The number of nitrogens with zero attached hydrogens (tertiary/aromatic N) is 1. The van der Waals surface area contributed by atoms with E-state index in [-0.39, 0.29) is 6.04 Å². The Labute approximate surface area is 122 Å². The van der Waals surface area contributed by atoms with Gasteiger partial charge < -0.3 is 15.2 Å². The predicted molar refractivity (Wildman–Crippen MR) is 82.9 cm³/mol. The number of aryl methyl sites for hydroxylation is 1. The molecule has 1 unspecified atom stereocenters. The summed E-state index contributed by atoms with van der Waals surface area (Å²) >= 11 is 0. The van der Waals surface area contributed by atoms with Crippen LogP contribution in [0, 0.1) is 6.92 Å². The fraction of sp³-hybridized carbons (Fsp3) is 0.625. The van der Waals surface area contributed by atoms with Crippen LogP contribution in [0.2, 0.25) is 0 Å². The maximum Gasteiger partial charge on any atom is 0.0589 e. The second kappa shape index (κ2) is 9.88. The lowest BCUT2D eigenvalue weighted by molar-refractivity contribution is 0.108. The molecule has 0 aliphatic carbocycles. The molecule has 0 spiro atoms. The van der Waals surface area contributed by atoms with Crippen molar-refractivity contribution in [2.45, 2.75) is 19.4 Å². The maximum absolute atomic E-state index is 6.01. The van der Waals surface area contributed by atoms with Gasteiger partial charge in [0.15, 0.2) is 0 Å². The highest BCUT2D eigenvalue weighted by Gasteiger charge is 2.18. The van der Waals surface area contributed by atoms with Crippen LogP contribution >= 0.6 is 0 Å². The molecular formula is C16H28N2O2. The molecular weight excluding hydrogens is 252 g/mol. The summed E-state index contributed by atoms with van der Waals surface area (Å²) in [5, 5.41) is 0. The van der Waals surface area contributed by atoms with Crippen molar-refractivity contribution in [3.63, 3.8) is 0 Å². The molecule has 0 saturated heterocycles. The highest BCUT2D eigenvalue weighted by Crippen LogP contribution is 2.20. The summed E-state index contributed by atoms with van der Waals surface area (Å²) in [6.07, 6.45) is 1.00. The minimum absolute atomic E-state index is 0.239. The Balaban J connectivity index is 2.74. The Morgan fingerprint density at radius 1 is 1.05 bits per heavy atom. The highest BCUT2D eigenvalue weighted by atomic mass is 16.5. The first-order chi connectivity index (χ1) is 9.72. The minimum atomic E-state index is 0.239. The standard InChI is InChI=1S/C16H28N2O2/c1-14-5-7-15(8-6-14)16(13-17)18(10-12-20-3)9-4-11-19-2/h5-8,16H,4,9-13,17H2,1-3H3. The van der Waals surface area contributed by atoms with Crippen molar-refractivity contribution in [3.05, 3.63) is 35.4 Å². The van der Waals surface area contributed by atoms with Gasteiger partial charge in [-0.05, 0) is 18.9 Å². The lowest BCUT2D eigenvalue weighted by atomic mass is 10.0. The van der Waals surface area contributed by atoms with E-state index < -0.39 is 0 Å². The van der Waals surface area contributed by atoms with E-state index in [9.17, 15) is 0 Å². The van der Waals surface area contributed by atoms with E-state index in [4.69, 9.17) is 15.2 Å². The van der Waals surface area contributed by atoms with Gasteiger partial charge in [-0.25, -0.2) is 0 Å². The van der Waals surface area contributed by atoms with Gasteiger partial charge in [0.25, 0.3) is 0 Å². The van der Waals surface area contributed by atoms with E-state index in [0.29, 0.717) is 6.54 Å². The number of hydrogen-bond acceptors (Lipinski definition) is 4. The smallest absolute Gasteiger partial charge is 0.0589 e. The van der Waals surface area contributed by atoms with Gasteiger partial charge >= 0.3 is 0 Å². The molecule has 1 atom stereocenters. The summed E-state index contributed by atoms with van der Waals surface area (Å²) in [7, 11) is 3.47. The van der Waals surface area contributed by atoms with Crippen molar-refractivity contribution >= 4 is 0 Å². The third-order valence-electron chi connectivity index (χ3n) is 3.50. The Kier molecular flexibility index (Phi) is 8.46. The lowest BCUT2D eigenvalue weighted by Gasteiger charge is -2.31. The van der Waals surface area contributed by atoms with Crippen molar-refractivity contribution in [1.82, 2.24) is 4.90 Å². The first-order valence-corrected chi connectivity index (χ1v) is 7.21. The third-order valence-corrected chi connectivity index (χ3v) is 3.50. The van der Waals surface area contributed by atoms with Crippen LogP contribution < -0.4 is 5.73 Å². The van der Waals surface area contributed by atoms with E-state index in [1.165, 1.54) is 11.1 Å². The quantitative estimate of drug-likeness (QED) is 0.666. The zero-order valence-corrected chi connectivity index (χ0v) is 13.0. The first-order valence-electron chi connectivity index (χ1n) is 7.21. The van der Waals surface area contributed by atoms with E-state index in [2.05, 4.69) is 36.1 Å². The van der Waals surface area contributed by atoms with E-state index in [0.717, 1.165) is 32.7 Å². The van der Waals surface area contributed by atoms with Gasteiger partial charge in [0, 0.05) is 46.5 Å². The van der Waals surface area contributed by atoms with Crippen LogP contribution in [0.1, 0.15) is 23.6 Å². The van der Waals surface area contributed by atoms with Crippen LogP contribution in [0.25, 0.3) is 0 Å². The molecule has 114 valence electrons. The fourth-order valence-corrected chi connectivity index (χ4v) is 2.33. The molecule has 4 heteroatoms. The summed E-state index contributed by atoms with van der Waals surface area (Å²) in [6.45, 7) is 6.05. The fourth-order valence-electron chi connectivity index (χ4n) is 2.33. The van der Waals surface area contributed by atoms with Gasteiger partial charge in [-0.3, -0.25) is 4.90 Å². The van der Waals surface area contributed by atoms with Crippen LogP contribution in [-0.2, 0) is 9.47 Å². The normalized spacial score (nSPS) is 12.8. The number of nitrogens with two attached hydrogens (primary N) is 1. The molecule has 0 aromatic heterocycles. The summed E-state index contributed by atoms with van der Waals surface area (Å²) < 4.78 is 10.4. The molecule has 2 N–H and O–H groups in total. The van der Waals surface area contributed by atoms with Crippen LogP contribution in [-0.4, -0.2) is 52.0 Å². The second-order valence-electron chi connectivity index (χ2n) is 5.04. The van der Waals surface area contributed by atoms with Crippen LogP contribution in [0.5, 0.6) is 0 Å². The number of benzene rings is 1. The molecule has 0 saturated carbocycles. The highest BCUT2D eigenvalue weighted by molar-refractivity contribution is 5.24. The number of methoxy groups -OCH3 is 2. The molecule has 4 nitrogen and oxygen atoms in total. The van der Waals surface area contributed by atoms with Crippen LogP contribution in [0.4, 0.5) is 0 Å². The molecule has 20 heavy (non-hydrogen) atoms. The van der Waals surface area contributed by atoms with Gasteiger partial charge in [-0.1, -0.05) is 29.8 Å². The Bertz CT molecular complexity index is 354. The molecule has 0 heterocycles. The zero-order chi connectivity index (χ0) is 14.8. The van der Waals surface area contributed by atoms with Crippen LogP contribution in [0.15, 0.2) is 24.3 Å². The van der Waals surface area contributed by atoms with Gasteiger partial charge in [0.1, 0.15) is 0 Å². The molecule has 0 fully saturated rings. The van der Waals surface area contributed by atoms with E-state index >= 15 is 0 Å². The predicted octanol–water partition coefficient (Wildman–Crippen LogP) is 1.98. The zero-order valence-electron chi connectivity index (χ0n) is 13.0. The maximum atomic E-state index is 6.01. The average molecular weight is 280 g/mol. The van der Waals surface area contributed by atoms with Crippen molar-refractivity contribution in [2.75, 3.05) is 47.1 Å². The number of hydrogen-bond donors (Lipinski definition) is 1. The largest absolute Gasteiger partial charge is 0.385 e. The monoisotopic (exact) mass is 280 g/mol. The summed E-state index contributed by atoms with van der Waals surface area (Å²) in [5.74, 6) is 0. The summed E-state index contributed by atoms with van der Waals surface area (Å²) in [6, 6.07) is 8.86. The van der Waals surface area contributed by atoms with Gasteiger partial charge in [0.2, 0.25) is 0 Å². The summed E-state index contributed by atoms with van der Waals surface area (Å²) in [5.41, 5.74) is 8.55. The first kappa shape index (κ1) is 17.1. The van der Waals surface area contributed by atoms with Crippen LogP contribution in [0.3, 0.4) is 0 Å². The van der Waals surface area contributed by atoms with E-state index in [1.54, 1.807) is 14.2 Å². The topological polar surface area (TPSA) is 47.7 Å². The van der Waals surface area contributed by atoms with Crippen molar-refractivity contribution in [1.29, 1.82) is 0 Å². The molecule has 0 aliphatic heterocycles. The SMILES string of the molecule is COCCCN(CCOC)C(CN)c1ccc(C)cc1. The molecule has 0 radical (unpaired) electrons. The Hall–Kier alpha value is -0.940. The number of ether oxygens (including phenoxy) is 2. The number of rotatable bonds is 10. The molecule has 0 aliphatic rings. The van der Waals surface area contributed by atoms with Crippen molar-refractivity contribution in [3.8, 4) is 0 Å². The Morgan fingerprint density at radius 2 is 1.70 bits per heavy atom. The van der Waals surface area contributed by atoms with Gasteiger partial charge in [-0.15, -0.1) is 0 Å². The van der Waals surface area contributed by atoms with Gasteiger partial charge in [-0.2, -0.15) is 0 Å². The molecule has 0 bridgehead atoms. The average Bonchev–Trinajstić information content (AvgIpc) is 2.47. The molecule has 1 rings (SSSR count). The van der Waals surface area contributed by atoms with Crippen molar-refractivity contribution < 1.29 is 9.47 Å². The third kappa shape index (κ3) is 5.59. The Morgan fingerprint density at radius 3 is 2.25 bits per heavy atom. The molecule has 0 amide bonds. The lowest BCUT2D eigenvalue weighted by Crippen LogP contribution is -2.37. The second-order valence-corrected chi connectivity index (χ2v) is 5.04. The summed E-state index contributed by atoms with van der Waals surface area (Å²) in [4.78, 5) is 2.38. The van der Waals surface area contributed by atoms with Crippen molar-refractivity contribution in [2.24, 2.45) is 5.73 Å². The molecule has 1 aromatic carbocycles. The minimum Gasteiger partial charge on any atom is -0.385 e. The molecule has 1 aromatic rings. The van der Waals surface area contributed by atoms with E-state index in [1.807, 2.05) is 0 Å².